The number of halogens is 1. The number of piperidine rings is 1. The van der Waals surface area contributed by atoms with Crippen molar-refractivity contribution >= 4 is 0 Å². The summed E-state index contributed by atoms with van der Waals surface area (Å²) in [6, 6.07) is 0.885. The number of rotatable bonds is 2. The van der Waals surface area contributed by atoms with Crippen molar-refractivity contribution in [2.45, 2.75) is 76.4 Å². The summed E-state index contributed by atoms with van der Waals surface area (Å²) in [6.07, 6.45) is 12.1. The van der Waals surface area contributed by atoms with Gasteiger partial charge in [0.25, 0.3) is 0 Å². The van der Waals surface area contributed by atoms with Crippen LogP contribution in [-0.2, 0) is 0 Å². The molecule has 1 nitrogen and oxygen atoms in total. The lowest BCUT2D eigenvalue weighted by Crippen LogP contribution is -2.48. The smallest absolute Gasteiger partial charge is 0.100 e. The van der Waals surface area contributed by atoms with Gasteiger partial charge in [-0.1, -0.05) is 12.8 Å². The van der Waals surface area contributed by atoms with Crippen molar-refractivity contribution in [3.8, 4) is 0 Å². The minimum atomic E-state index is -0.495. The second-order valence-corrected chi connectivity index (χ2v) is 6.87. The lowest BCUT2D eigenvalue weighted by molar-refractivity contribution is 0.0386. The molecule has 1 aliphatic heterocycles. The van der Waals surface area contributed by atoms with E-state index < -0.39 is 6.17 Å². The lowest BCUT2D eigenvalue weighted by Gasteiger charge is -2.45. The van der Waals surface area contributed by atoms with Gasteiger partial charge in [-0.15, -0.1) is 0 Å². The number of likely N-dealkylation sites (tertiary alicyclic amines) is 1. The molecule has 1 heterocycles. The van der Waals surface area contributed by atoms with Crippen LogP contribution in [0.25, 0.3) is 0 Å². The first-order valence-electron chi connectivity index (χ1n) is 8.21. The van der Waals surface area contributed by atoms with Crippen LogP contribution in [0, 0.1) is 11.8 Å². The molecule has 2 aliphatic carbocycles. The van der Waals surface area contributed by atoms with Crippen molar-refractivity contribution in [2.24, 2.45) is 11.8 Å². The van der Waals surface area contributed by atoms with Crippen molar-refractivity contribution in [1.29, 1.82) is 0 Å². The Balaban J connectivity index is 1.54. The molecule has 0 radical (unpaired) electrons. The Morgan fingerprint density at radius 2 is 1.56 bits per heavy atom. The van der Waals surface area contributed by atoms with Gasteiger partial charge >= 0.3 is 0 Å². The number of hydrogen-bond acceptors (Lipinski definition) is 1. The predicted molar refractivity (Wildman–Crippen MR) is 73.4 cm³/mol. The molecule has 3 fully saturated rings. The highest BCUT2D eigenvalue weighted by atomic mass is 19.1. The van der Waals surface area contributed by atoms with E-state index in [9.17, 15) is 4.39 Å². The third-order valence-electron chi connectivity index (χ3n) is 5.63. The van der Waals surface area contributed by atoms with Gasteiger partial charge in [-0.2, -0.15) is 0 Å². The molecule has 0 amide bonds. The highest BCUT2D eigenvalue weighted by Crippen LogP contribution is 2.37. The van der Waals surface area contributed by atoms with E-state index in [2.05, 4.69) is 4.90 Å². The van der Waals surface area contributed by atoms with E-state index in [4.69, 9.17) is 0 Å². The summed E-state index contributed by atoms with van der Waals surface area (Å²) < 4.78 is 13.2. The standard InChI is InChI=1S/C16H28FN/c17-15-9-7-13(8-10-15)12-18-11-3-5-14-4-1-2-6-16(14)18/h13-16H,1-12H2. The predicted octanol–water partition coefficient (Wildman–Crippen LogP) is 4.17. The Bertz CT molecular complexity index is 258. The molecule has 2 heteroatoms. The fraction of sp³-hybridized carbons (Fsp3) is 1.00. The molecule has 2 saturated carbocycles. The van der Waals surface area contributed by atoms with Crippen molar-refractivity contribution < 1.29 is 4.39 Å². The van der Waals surface area contributed by atoms with Crippen LogP contribution in [0.4, 0.5) is 4.39 Å². The van der Waals surface area contributed by atoms with E-state index in [-0.39, 0.29) is 0 Å². The number of hydrogen-bond donors (Lipinski definition) is 0. The SMILES string of the molecule is FC1CCC(CN2CCCC3CCCCC32)CC1. The molecule has 0 aromatic heterocycles. The molecule has 2 atom stereocenters. The van der Waals surface area contributed by atoms with E-state index in [0.717, 1.165) is 43.6 Å². The second-order valence-electron chi connectivity index (χ2n) is 6.87. The highest BCUT2D eigenvalue weighted by Gasteiger charge is 2.34. The van der Waals surface area contributed by atoms with Gasteiger partial charge in [0.15, 0.2) is 0 Å². The van der Waals surface area contributed by atoms with Gasteiger partial charge in [0.1, 0.15) is 6.17 Å². The maximum atomic E-state index is 13.2. The Labute approximate surface area is 111 Å². The average molecular weight is 253 g/mol. The maximum absolute atomic E-state index is 13.2. The molecule has 1 saturated heterocycles. The molecule has 0 spiro atoms. The first-order valence-corrected chi connectivity index (χ1v) is 8.21. The zero-order valence-corrected chi connectivity index (χ0v) is 11.6. The van der Waals surface area contributed by atoms with E-state index in [1.807, 2.05) is 0 Å². The third-order valence-corrected chi connectivity index (χ3v) is 5.63. The van der Waals surface area contributed by atoms with Gasteiger partial charge in [0.2, 0.25) is 0 Å². The number of fused-ring (bicyclic) bond motifs is 1. The Hall–Kier alpha value is -0.110. The van der Waals surface area contributed by atoms with Crippen molar-refractivity contribution in [2.75, 3.05) is 13.1 Å². The van der Waals surface area contributed by atoms with Gasteiger partial charge < -0.3 is 0 Å². The third kappa shape index (κ3) is 2.89. The second kappa shape index (κ2) is 5.90. The zero-order valence-electron chi connectivity index (χ0n) is 11.6. The summed E-state index contributed by atoms with van der Waals surface area (Å²) >= 11 is 0. The van der Waals surface area contributed by atoms with Crippen LogP contribution in [0.1, 0.15) is 64.2 Å². The summed E-state index contributed by atoms with van der Waals surface area (Å²) in [7, 11) is 0. The summed E-state index contributed by atoms with van der Waals surface area (Å²) in [5.74, 6) is 1.78. The molecule has 3 rings (SSSR count). The van der Waals surface area contributed by atoms with Crippen molar-refractivity contribution in [1.82, 2.24) is 4.90 Å². The molecule has 0 bridgehead atoms. The van der Waals surface area contributed by atoms with Gasteiger partial charge in [-0.25, -0.2) is 4.39 Å². The quantitative estimate of drug-likeness (QED) is 0.714. The van der Waals surface area contributed by atoms with Crippen molar-refractivity contribution in [3.63, 3.8) is 0 Å². The fourth-order valence-electron chi connectivity index (χ4n) is 4.59. The van der Waals surface area contributed by atoms with E-state index in [1.54, 1.807) is 0 Å². The Morgan fingerprint density at radius 1 is 0.833 bits per heavy atom. The fourth-order valence-corrected chi connectivity index (χ4v) is 4.59. The zero-order chi connectivity index (χ0) is 12.4. The topological polar surface area (TPSA) is 3.24 Å². The van der Waals surface area contributed by atoms with Gasteiger partial charge in [0.05, 0.1) is 0 Å². The van der Waals surface area contributed by atoms with E-state index in [0.29, 0.717) is 0 Å². The van der Waals surface area contributed by atoms with Crippen molar-refractivity contribution in [3.05, 3.63) is 0 Å². The summed E-state index contributed by atoms with van der Waals surface area (Å²) in [5.41, 5.74) is 0. The molecule has 0 aromatic rings. The maximum Gasteiger partial charge on any atom is 0.100 e. The minimum absolute atomic E-state index is 0.495. The van der Waals surface area contributed by atoms with E-state index >= 15 is 0 Å². The summed E-state index contributed by atoms with van der Waals surface area (Å²) in [6.45, 7) is 2.59. The number of nitrogens with zero attached hydrogens (tertiary/aromatic N) is 1. The van der Waals surface area contributed by atoms with Crippen LogP contribution < -0.4 is 0 Å². The minimum Gasteiger partial charge on any atom is -0.300 e. The molecular weight excluding hydrogens is 225 g/mol. The lowest BCUT2D eigenvalue weighted by atomic mass is 9.77. The van der Waals surface area contributed by atoms with Gasteiger partial charge in [0, 0.05) is 12.6 Å². The first-order chi connectivity index (χ1) is 8.83. The summed E-state index contributed by atoms with van der Waals surface area (Å²) in [4.78, 5) is 2.79. The van der Waals surface area contributed by atoms with E-state index in [1.165, 1.54) is 51.6 Å². The van der Waals surface area contributed by atoms with Gasteiger partial charge in [-0.3, -0.25) is 4.90 Å². The molecule has 0 aromatic carbocycles. The normalized spacial score (nSPS) is 42.5. The van der Waals surface area contributed by atoms with Gasteiger partial charge in [-0.05, 0) is 69.7 Å². The van der Waals surface area contributed by atoms with Crippen LogP contribution >= 0.6 is 0 Å². The molecule has 0 N–H and O–H groups in total. The van der Waals surface area contributed by atoms with Crippen LogP contribution in [0.2, 0.25) is 0 Å². The van der Waals surface area contributed by atoms with Crippen LogP contribution in [0.15, 0.2) is 0 Å². The summed E-state index contributed by atoms with van der Waals surface area (Å²) in [5, 5.41) is 0. The molecule has 18 heavy (non-hydrogen) atoms. The highest BCUT2D eigenvalue weighted by molar-refractivity contribution is 4.88. The average Bonchev–Trinajstić information content (AvgIpc) is 2.42. The van der Waals surface area contributed by atoms with Crippen LogP contribution in [0.5, 0.6) is 0 Å². The Morgan fingerprint density at radius 3 is 2.39 bits per heavy atom. The molecule has 2 unspecified atom stereocenters. The number of alkyl halides is 1. The Kier molecular flexibility index (Phi) is 4.23. The van der Waals surface area contributed by atoms with Crippen LogP contribution in [0.3, 0.4) is 0 Å². The monoisotopic (exact) mass is 253 g/mol. The molecule has 104 valence electrons. The van der Waals surface area contributed by atoms with Crippen LogP contribution in [-0.4, -0.2) is 30.2 Å². The first kappa shape index (κ1) is 12.9. The molecular formula is C16H28FN. The molecule has 3 aliphatic rings. The largest absolute Gasteiger partial charge is 0.300 e.